The van der Waals surface area contributed by atoms with E-state index in [0.717, 1.165) is 18.4 Å². The first kappa shape index (κ1) is 11.6. The first-order chi connectivity index (χ1) is 8.27. The monoisotopic (exact) mass is 229 g/mol. The van der Waals surface area contributed by atoms with E-state index in [4.69, 9.17) is 0 Å². The molecule has 0 saturated carbocycles. The van der Waals surface area contributed by atoms with Crippen LogP contribution in [-0.4, -0.2) is 23.3 Å². The maximum absolute atomic E-state index is 11.8. The van der Waals surface area contributed by atoms with Crippen molar-refractivity contribution >= 4 is 17.9 Å². The standard InChI is InChI=1S/C14H15NO2/c16-13-8-4-5-11-15(13)14(17)10-9-12-6-2-1-3-7-12/h1-3,6-7,9-10H,4-5,8,11H2/b10-9+. The highest BCUT2D eigenvalue weighted by Gasteiger charge is 2.22. The Kier molecular flexibility index (Phi) is 3.70. The molecule has 1 aromatic carbocycles. The highest BCUT2D eigenvalue weighted by molar-refractivity contribution is 6.03. The molecular formula is C14H15NO2. The summed E-state index contributed by atoms with van der Waals surface area (Å²) in [6, 6.07) is 9.59. The van der Waals surface area contributed by atoms with Crippen molar-refractivity contribution in [2.75, 3.05) is 6.54 Å². The highest BCUT2D eigenvalue weighted by Crippen LogP contribution is 2.11. The van der Waals surface area contributed by atoms with Crippen molar-refractivity contribution in [2.24, 2.45) is 0 Å². The van der Waals surface area contributed by atoms with Crippen LogP contribution in [0.2, 0.25) is 0 Å². The largest absolute Gasteiger partial charge is 0.279 e. The van der Waals surface area contributed by atoms with Gasteiger partial charge in [-0.2, -0.15) is 0 Å². The second-order valence-corrected chi connectivity index (χ2v) is 4.08. The van der Waals surface area contributed by atoms with E-state index >= 15 is 0 Å². The Bertz CT molecular complexity index is 437. The van der Waals surface area contributed by atoms with Crippen molar-refractivity contribution < 1.29 is 9.59 Å². The number of rotatable bonds is 2. The predicted octanol–water partition coefficient (Wildman–Crippen LogP) is 2.24. The first-order valence-electron chi connectivity index (χ1n) is 5.85. The summed E-state index contributed by atoms with van der Waals surface area (Å²) in [4.78, 5) is 24.7. The zero-order chi connectivity index (χ0) is 12.1. The molecule has 0 atom stereocenters. The van der Waals surface area contributed by atoms with E-state index in [0.29, 0.717) is 13.0 Å². The van der Waals surface area contributed by atoms with E-state index in [1.165, 1.54) is 11.0 Å². The van der Waals surface area contributed by atoms with Gasteiger partial charge in [-0.15, -0.1) is 0 Å². The van der Waals surface area contributed by atoms with Gasteiger partial charge < -0.3 is 0 Å². The van der Waals surface area contributed by atoms with Gasteiger partial charge in [-0.3, -0.25) is 14.5 Å². The maximum atomic E-state index is 11.8. The summed E-state index contributed by atoms with van der Waals surface area (Å²) < 4.78 is 0. The number of hydrogen-bond donors (Lipinski definition) is 0. The van der Waals surface area contributed by atoms with Crippen LogP contribution < -0.4 is 0 Å². The third kappa shape index (κ3) is 3.03. The van der Waals surface area contributed by atoms with Gasteiger partial charge in [0.05, 0.1) is 0 Å². The molecule has 3 heteroatoms. The minimum Gasteiger partial charge on any atom is -0.279 e. The molecule has 0 bridgehead atoms. The summed E-state index contributed by atoms with van der Waals surface area (Å²) in [7, 11) is 0. The number of amides is 2. The van der Waals surface area contributed by atoms with Gasteiger partial charge in [0.15, 0.2) is 0 Å². The highest BCUT2D eigenvalue weighted by atomic mass is 16.2. The lowest BCUT2D eigenvalue weighted by atomic mass is 10.1. The number of nitrogens with zero attached hydrogens (tertiary/aromatic N) is 1. The molecule has 88 valence electrons. The van der Waals surface area contributed by atoms with E-state index in [-0.39, 0.29) is 11.8 Å². The quantitative estimate of drug-likeness (QED) is 0.729. The first-order valence-corrected chi connectivity index (χ1v) is 5.85. The van der Waals surface area contributed by atoms with Crippen LogP contribution in [0.25, 0.3) is 6.08 Å². The summed E-state index contributed by atoms with van der Waals surface area (Å²) in [6.07, 6.45) is 5.51. The number of piperidine rings is 1. The smallest absolute Gasteiger partial charge is 0.253 e. The van der Waals surface area contributed by atoms with Crippen molar-refractivity contribution in [1.29, 1.82) is 0 Å². The molecule has 2 rings (SSSR count). The Labute approximate surface area is 101 Å². The molecule has 0 N–H and O–H groups in total. The normalized spacial score (nSPS) is 16.5. The van der Waals surface area contributed by atoms with Gasteiger partial charge in [-0.25, -0.2) is 0 Å². The van der Waals surface area contributed by atoms with Gasteiger partial charge in [-0.1, -0.05) is 30.3 Å². The molecule has 2 amide bonds. The van der Waals surface area contributed by atoms with Gasteiger partial charge in [0.1, 0.15) is 0 Å². The van der Waals surface area contributed by atoms with Crippen LogP contribution in [0, 0.1) is 0 Å². The van der Waals surface area contributed by atoms with Crippen molar-refractivity contribution in [1.82, 2.24) is 4.90 Å². The van der Waals surface area contributed by atoms with Crippen LogP contribution in [0.4, 0.5) is 0 Å². The molecule has 1 heterocycles. The molecule has 3 nitrogen and oxygen atoms in total. The lowest BCUT2D eigenvalue weighted by molar-refractivity contribution is -0.143. The van der Waals surface area contributed by atoms with E-state index in [9.17, 15) is 9.59 Å². The molecule has 1 aromatic rings. The molecule has 17 heavy (non-hydrogen) atoms. The Balaban J connectivity index is 2.01. The fourth-order valence-corrected chi connectivity index (χ4v) is 1.86. The Morgan fingerprint density at radius 1 is 1.18 bits per heavy atom. The van der Waals surface area contributed by atoms with Crippen LogP contribution >= 0.6 is 0 Å². The molecule has 1 aliphatic rings. The molecule has 0 radical (unpaired) electrons. The SMILES string of the molecule is O=C(/C=C/c1ccccc1)N1CCCCC1=O. The van der Waals surface area contributed by atoms with Crippen molar-refractivity contribution in [3.05, 3.63) is 42.0 Å². The Morgan fingerprint density at radius 2 is 1.94 bits per heavy atom. The number of imide groups is 1. The fraction of sp³-hybridized carbons (Fsp3) is 0.286. The molecule has 0 aliphatic carbocycles. The molecule has 0 aromatic heterocycles. The average molecular weight is 229 g/mol. The van der Waals surface area contributed by atoms with Crippen LogP contribution in [0.15, 0.2) is 36.4 Å². The molecule has 1 fully saturated rings. The maximum Gasteiger partial charge on any atom is 0.253 e. The molecular weight excluding hydrogens is 214 g/mol. The van der Waals surface area contributed by atoms with Gasteiger partial charge in [0, 0.05) is 19.0 Å². The van der Waals surface area contributed by atoms with Gasteiger partial charge in [0.2, 0.25) is 5.91 Å². The summed E-state index contributed by atoms with van der Waals surface area (Å²) in [5.74, 6) is -0.266. The predicted molar refractivity (Wildman–Crippen MR) is 66.0 cm³/mol. The van der Waals surface area contributed by atoms with Gasteiger partial charge >= 0.3 is 0 Å². The number of carbonyl (C=O) groups excluding carboxylic acids is 2. The molecule has 1 saturated heterocycles. The topological polar surface area (TPSA) is 37.4 Å². The fourth-order valence-electron chi connectivity index (χ4n) is 1.86. The lowest BCUT2D eigenvalue weighted by Gasteiger charge is -2.23. The number of hydrogen-bond acceptors (Lipinski definition) is 2. The van der Waals surface area contributed by atoms with Crippen molar-refractivity contribution in [3.8, 4) is 0 Å². The number of carbonyl (C=O) groups is 2. The van der Waals surface area contributed by atoms with Crippen LogP contribution in [-0.2, 0) is 9.59 Å². The molecule has 0 spiro atoms. The summed E-state index contributed by atoms with van der Waals surface area (Å²) in [6.45, 7) is 0.552. The Hall–Kier alpha value is -1.90. The Morgan fingerprint density at radius 3 is 2.65 bits per heavy atom. The molecule has 0 unspecified atom stereocenters. The molecule has 1 aliphatic heterocycles. The average Bonchev–Trinajstić information content (AvgIpc) is 2.38. The van der Waals surface area contributed by atoms with Crippen LogP contribution in [0.1, 0.15) is 24.8 Å². The van der Waals surface area contributed by atoms with E-state index in [1.54, 1.807) is 6.08 Å². The zero-order valence-corrected chi connectivity index (χ0v) is 9.63. The van der Waals surface area contributed by atoms with Gasteiger partial charge in [-0.05, 0) is 24.5 Å². The third-order valence-corrected chi connectivity index (χ3v) is 2.81. The third-order valence-electron chi connectivity index (χ3n) is 2.81. The number of benzene rings is 1. The van der Waals surface area contributed by atoms with Gasteiger partial charge in [0.25, 0.3) is 5.91 Å². The number of likely N-dealkylation sites (tertiary alicyclic amines) is 1. The van der Waals surface area contributed by atoms with Crippen molar-refractivity contribution in [2.45, 2.75) is 19.3 Å². The minimum atomic E-state index is -0.210. The zero-order valence-electron chi connectivity index (χ0n) is 9.63. The van der Waals surface area contributed by atoms with E-state index in [2.05, 4.69) is 0 Å². The summed E-state index contributed by atoms with van der Waals surface area (Å²) in [5, 5.41) is 0. The summed E-state index contributed by atoms with van der Waals surface area (Å²) in [5.41, 5.74) is 0.963. The lowest BCUT2D eigenvalue weighted by Crippen LogP contribution is -2.39. The second kappa shape index (κ2) is 5.43. The van der Waals surface area contributed by atoms with E-state index in [1.807, 2.05) is 30.3 Å². The van der Waals surface area contributed by atoms with E-state index < -0.39 is 0 Å². The minimum absolute atomic E-state index is 0.0565. The van der Waals surface area contributed by atoms with Crippen molar-refractivity contribution in [3.63, 3.8) is 0 Å². The summed E-state index contributed by atoms with van der Waals surface area (Å²) >= 11 is 0. The van der Waals surface area contributed by atoms with Crippen LogP contribution in [0.3, 0.4) is 0 Å². The second-order valence-electron chi connectivity index (χ2n) is 4.08. The van der Waals surface area contributed by atoms with Crippen LogP contribution in [0.5, 0.6) is 0 Å².